The number of nitrogens with zero attached hydrogens (tertiary/aromatic N) is 1. The lowest BCUT2D eigenvalue weighted by molar-refractivity contribution is -0.167. The molecule has 1 saturated carbocycles. The molecule has 5 nitrogen and oxygen atoms in total. The number of hydrogen-bond donors (Lipinski definition) is 1. The molecule has 0 heterocycles. The summed E-state index contributed by atoms with van der Waals surface area (Å²) >= 11 is 0. The van der Waals surface area contributed by atoms with Crippen LogP contribution in [0.5, 0.6) is 0 Å². The van der Waals surface area contributed by atoms with Gasteiger partial charge in [-0.15, -0.1) is 0 Å². The maximum absolute atomic E-state index is 12.9. The minimum Gasteiger partial charge on any atom is -0.452 e. The summed E-state index contributed by atoms with van der Waals surface area (Å²) in [6.45, 7) is -0.499. The van der Waals surface area contributed by atoms with Crippen molar-refractivity contribution >= 4 is 23.3 Å². The number of hydrogen-bond acceptors (Lipinski definition) is 4. The van der Waals surface area contributed by atoms with Crippen molar-refractivity contribution in [2.24, 2.45) is 5.92 Å². The zero-order valence-electron chi connectivity index (χ0n) is 16.5. The summed E-state index contributed by atoms with van der Waals surface area (Å²) in [6, 6.07) is 15.2. The predicted octanol–water partition coefficient (Wildman–Crippen LogP) is 4.78. The second kappa shape index (κ2) is 9.19. The molecule has 1 aliphatic carbocycles. The molecular weight excluding hydrogens is 397 g/mol. The monoisotopic (exact) mass is 420 g/mol. The van der Waals surface area contributed by atoms with E-state index >= 15 is 0 Å². The van der Waals surface area contributed by atoms with Crippen LogP contribution in [0.15, 0.2) is 54.6 Å². The van der Waals surface area contributed by atoms with E-state index in [2.05, 4.69) is 5.32 Å². The number of carbonyl (C=O) groups excluding carboxylic acids is 2. The third-order valence-electron chi connectivity index (χ3n) is 4.99. The van der Waals surface area contributed by atoms with Crippen molar-refractivity contribution in [3.8, 4) is 0 Å². The van der Waals surface area contributed by atoms with Crippen LogP contribution in [0.25, 0.3) is 0 Å². The molecule has 160 valence electrons. The van der Waals surface area contributed by atoms with Gasteiger partial charge in [0.25, 0.3) is 5.91 Å². The van der Waals surface area contributed by atoms with Crippen molar-refractivity contribution in [1.29, 1.82) is 0 Å². The lowest BCUT2D eigenvalue weighted by Gasteiger charge is -2.30. The Morgan fingerprint density at radius 1 is 1.10 bits per heavy atom. The van der Waals surface area contributed by atoms with Crippen LogP contribution in [0, 0.1) is 5.92 Å². The van der Waals surface area contributed by atoms with Crippen molar-refractivity contribution in [3.63, 3.8) is 0 Å². The second-order valence-corrected chi connectivity index (χ2v) is 7.33. The average Bonchev–Trinajstić information content (AvgIpc) is 3.55. The molecule has 1 N–H and O–H groups in total. The van der Waals surface area contributed by atoms with E-state index in [-0.39, 0.29) is 11.5 Å². The molecule has 0 aliphatic heterocycles. The standard InChI is InChI=1S/C22H23F3N2O3/c1-15(16-11-12-16)27(14-22(23,24)25)20(28)13-30-21(29)18-9-5-6-10-19(18)26-17-7-3-2-4-8-17/h2-10,15-16,26H,11-14H2,1H3/t15-/m0/s1. The lowest BCUT2D eigenvalue weighted by Crippen LogP contribution is -2.47. The van der Waals surface area contributed by atoms with Crippen LogP contribution in [-0.2, 0) is 9.53 Å². The maximum atomic E-state index is 12.9. The normalized spacial score (nSPS) is 14.7. The van der Waals surface area contributed by atoms with Crippen LogP contribution >= 0.6 is 0 Å². The van der Waals surface area contributed by atoms with Gasteiger partial charge in [0.2, 0.25) is 0 Å². The highest BCUT2D eigenvalue weighted by Gasteiger charge is 2.40. The third-order valence-corrected chi connectivity index (χ3v) is 4.99. The Morgan fingerprint density at radius 3 is 2.37 bits per heavy atom. The number of halogens is 3. The minimum absolute atomic E-state index is 0.0581. The molecule has 0 saturated heterocycles. The van der Waals surface area contributed by atoms with Crippen LogP contribution in [-0.4, -0.2) is 42.1 Å². The van der Waals surface area contributed by atoms with Gasteiger partial charge in [0.05, 0.1) is 11.3 Å². The fourth-order valence-corrected chi connectivity index (χ4v) is 3.22. The Balaban J connectivity index is 1.66. The number of para-hydroxylation sites is 2. The van der Waals surface area contributed by atoms with Crippen LogP contribution in [0.4, 0.5) is 24.5 Å². The number of nitrogens with one attached hydrogen (secondary N) is 1. The summed E-state index contributed by atoms with van der Waals surface area (Å²) in [7, 11) is 0. The highest BCUT2D eigenvalue weighted by molar-refractivity contribution is 5.97. The fourth-order valence-electron chi connectivity index (χ4n) is 3.22. The van der Waals surface area contributed by atoms with Crippen molar-refractivity contribution in [3.05, 3.63) is 60.2 Å². The minimum atomic E-state index is -4.52. The number of alkyl halides is 3. The first-order valence-electron chi connectivity index (χ1n) is 9.69. The molecule has 0 spiro atoms. The number of amides is 1. The molecule has 1 atom stereocenters. The van der Waals surface area contributed by atoms with Crippen LogP contribution in [0.2, 0.25) is 0 Å². The van der Waals surface area contributed by atoms with E-state index in [0.29, 0.717) is 5.69 Å². The van der Waals surface area contributed by atoms with Gasteiger partial charge in [-0.2, -0.15) is 13.2 Å². The van der Waals surface area contributed by atoms with E-state index in [0.717, 1.165) is 23.4 Å². The number of carbonyl (C=O) groups is 2. The number of anilines is 2. The number of ether oxygens (including phenoxy) is 1. The molecule has 0 bridgehead atoms. The fraction of sp³-hybridized carbons (Fsp3) is 0.364. The van der Waals surface area contributed by atoms with Gasteiger partial charge < -0.3 is 15.0 Å². The Labute approximate surface area is 172 Å². The topological polar surface area (TPSA) is 58.6 Å². The predicted molar refractivity (Wildman–Crippen MR) is 106 cm³/mol. The van der Waals surface area contributed by atoms with E-state index < -0.39 is 37.2 Å². The van der Waals surface area contributed by atoms with Gasteiger partial charge >= 0.3 is 12.1 Å². The SMILES string of the molecule is C[C@@H](C1CC1)N(CC(F)(F)F)C(=O)COC(=O)c1ccccc1Nc1ccccc1. The molecule has 1 amide bonds. The highest BCUT2D eigenvalue weighted by Crippen LogP contribution is 2.36. The summed E-state index contributed by atoms with van der Waals surface area (Å²) < 4.78 is 43.8. The summed E-state index contributed by atoms with van der Waals surface area (Å²) in [5, 5.41) is 3.09. The molecule has 0 unspecified atom stereocenters. The Hall–Kier alpha value is -3.03. The van der Waals surface area contributed by atoms with Crippen LogP contribution < -0.4 is 5.32 Å². The van der Waals surface area contributed by atoms with Crippen LogP contribution in [0.1, 0.15) is 30.1 Å². The van der Waals surface area contributed by atoms with Crippen molar-refractivity contribution in [2.75, 3.05) is 18.5 Å². The lowest BCUT2D eigenvalue weighted by atomic mass is 10.1. The van der Waals surface area contributed by atoms with Crippen molar-refractivity contribution in [2.45, 2.75) is 32.0 Å². The molecule has 30 heavy (non-hydrogen) atoms. The first kappa shape index (κ1) is 21.7. The van der Waals surface area contributed by atoms with Gasteiger partial charge in [0.1, 0.15) is 6.54 Å². The van der Waals surface area contributed by atoms with Gasteiger partial charge in [-0.3, -0.25) is 4.79 Å². The third kappa shape index (κ3) is 5.98. The van der Waals surface area contributed by atoms with E-state index in [1.165, 1.54) is 6.07 Å². The van der Waals surface area contributed by atoms with Gasteiger partial charge in [0.15, 0.2) is 6.61 Å². The summed E-state index contributed by atoms with van der Waals surface area (Å²) in [5.41, 5.74) is 1.41. The quantitative estimate of drug-likeness (QED) is 0.625. The molecule has 1 fully saturated rings. The first-order valence-corrected chi connectivity index (χ1v) is 9.69. The molecule has 2 aromatic carbocycles. The Bertz CT molecular complexity index is 883. The summed E-state index contributed by atoms with van der Waals surface area (Å²) in [5.74, 6) is -1.58. The number of benzene rings is 2. The van der Waals surface area contributed by atoms with Crippen molar-refractivity contribution < 1.29 is 27.5 Å². The van der Waals surface area contributed by atoms with E-state index in [1.807, 2.05) is 30.3 Å². The van der Waals surface area contributed by atoms with Gasteiger partial charge in [0, 0.05) is 11.7 Å². The van der Waals surface area contributed by atoms with E-state index in [4.69, 9.17) is 4.74 Å². The molecule has 1 aliphatic rings. The molecule has 2 aromatic rings. The van der Waals surface area contributed by atoms with Gasteiger partial charge in [-0.05, 0) is 49.9 Å². The number of rotatable bonds is 8. The largest absolute Gasteiger partial charge is 0.452 e. The molecule has 8 heteroatoms. The van der Waals surface area contributed by atoms with E-state index in [9.17, 15) is 22.8 Å². The zero-order chi connectivity index (χ0) is 21.7. The molecular formula is C22H23F3N2O3. The Morgan fingerprint density at radius 2 is 1.73 bits per heavy atom. The first-order chi connectivity index (χ1) is 14.2. The summed E-state index contributed by atoms with van der Waals surface area (Å²) in [4.78, 5) is 25.7. The van der Waals surface area contributed by atoms with E-state index in [1.54, 1.807) is 25.1 Å². The van der Waals surface area contributed by atoms with Crippen LogP contribution in [0.3, 0.4) is 0 Å². The molecule has 3 rings (SSSR count). The smallest absolute Gasteiger partial charge is 0.406 e. The maximum Gasteiger partial charge on any atom is 0.406 e. The van der Waals surface area contributed by atoms with Gasteiger partial charge in [-0.1, -0.05) is 30.3 Å². The van der Waals surface area contributed by atoms with Crippen molar-refractivity contribution in [1.82, 2.24) is 4.90 Å². The molecule has 0 radical (unpaired) electrons. The Kier molecular flexibility index (Phi) is 6.64. The number of esters is 1. The second-order valence-electron chi connectivity index (χ2n) is 7.33. The highest BCUT2D eigenvalue weighted by atomic mass is 19.4. The molecule has 0 aromatic heterocycles. The van der Waals surface area contributed by atoms with Gasteiger partial charge in [-0.25, -0.2) is 4.79 Å². The summed E-state index contributed by atoms with van der Waals surface area (Å²) in [6.07, 6.45) is -2.93. The average molecular weight is 420 g/mol. The zero-order valence-corrected chi connectivity index (χ0v) is 16.5.